The monoisotopic (exact) mass is 226 g/mol. The van der Waals surface area contributed by atoms with Gasteiger partial charge in [0.2, 0.25) is 0 Å². The van der Waals surface area contributed by atoms with Crippen molar-refractivity contribution < 1.29 is 14.0 Å². The van der Waals surface area contributed by atoms with Gasteiger partial charge in [0.1, 0.15) is 0 Å². The summed E-state index contributed by atoms with van der Waals surface area (Å²) in [4.78, 5) is 25.2. The third-order valence-corrected chi connectivity index (χ3v) is 1.73. The molecule has 0 radical (unpaired) electrons. The Kier molecular flexibility index (Phi) is 4.19. The SMILES string of the molecule is NC(=O)NCCNC(=O)c1ccncc1F. The molecule has 0 saturated carbocycles. The molecule has 0 aliphatic heterocycles. The fraction of sp³-hybridized carbons (Fsp3) is 0.222. The predicted octanol–water partition coefficient (Wildman–Crippen LogP) is -0.381. The molecule has 4 N–H and O–H groups in total. The Morgan fingerprint density at radius 3 is 2.69 bits per heavy atom. The van der Waals surface area contributed by atoms with Crippen LogP contribution in [-0.4, -0.2) is 30.0 Å². The first-order valence-corrected chi connectivity index (χ1v) is 4.52. The highest BCUT2D eigenvalue weighted by Gasteiger charge is 2.09. The van der Waals surface area contributed by atoms with Gasteiger partial charge in [0, 0.05) is 19.3 Å². The number of hydrogen-bond donors (Lipinski definition) is 3. The number of nitrogens with two attached hydrogens (primary N) is 1. The van der Waals surface area contributed by atoms with Crippen molar-refractivity contribution in [2.45, 2.75) is 0 Å². The molecule has 0 saturated heterocycles. The normalized spacial score (nSPS) is 9.56. The highest BCUT2D eigenvalue weighted by atomic mass is 19.1. The molecule has 0 spiro atoms. The summed E-state index contributed by atoms with van der Waals surface area (Å²) in [6, 6.07) is 0.593. The quantitative estimate of drug-likeness (QED) is 0.610. The highest BCUT2D eigenvalue weighted by Crippen LogP contribution is 2.03. The predicted molar refractivity (Wildman–Crippen MR) is 54.1 cm³/mol. The summed E-state index contributed by atoms with van der Waals surface area (Å²) in [5, 5.41) is 4.70. The van der Waals surface area contributed by atoms with E-state index in [-0.39, 0.29) is 18.7 Å². The van der Waals surface area contributed by atoms with Gasteiger partial charge in [-0.15, -0.1) is 0 Å². The van der Waals surface area contributed by atoms with Crippen LogP contribution < -0.4 is 16.4 Å². The van der Waals surface area contributed by atoms with Gasteiger partial charge in [-0.3, -0.25) is 9.78 Å². The van der Waals surface area contributed by atoms with E-state index in [1.54, 1.807) is 0 Å². The second kappa shape index (κ2) is 5.64. The molecule has 1 rings (SSSR count). The number of carbonyl (C=O) groups excluding carboxylic acids is 2. The standard InChI is InChI=1S/C9H11FN4O2/c10-7-5-12-2-1-6(7)8(15)13-3-4-14-9(11)16/h1-2,5H,3-4H2,(H,13,15)(H3,11,14,16). The van der Waals surface area contributed by atoms with Crippen molar-refractivity contribution in [3.8, 4) is 0 Å². The van der Waals surface area contributed by atoms with Gasteiger partial charge in [0.15, 0.2) is 5.82 Å². The molecule has 1 aromatic heterocycles. The van der Waals surface area contributed by atoms with E-state index >= 15 is 0 Å². The molecule has 3 amide bonds. The van der Waals surface area contributed by atoms with Crippen LogP contribution in [0.15, 0.2) is 18.5 Å². The maximum absolute atomic E-state index is 13.1. The zero-order valence-corrected chi connectivity index (χ0v) is 8.37. The molecular formula is C9H11FN4O2. The molecule has 16 heavy (non-hydrogen) atoms. The van der Waals surface area contributed by atoms with Crippen LogP contribution in [0.2, 0.25) is 0 Å². The lowest BCUT2D eigenvalue weighted by atomic mass is 10.2. The lowest BCUT2D eigenvalue weighted by molar-refractivity contribution is 0.0949. The van der Waals surface area contributed by atoms with Gasteiger partial charge in [-0.25, -0.2) is 9.18 Å². The van der Waals surface area contributed by atoms with E-state index in [1.165, 1.54) is 12.3 Å². The van der Waals surface area contributed by atoms with Crippen molar-refractivity contribution in [1.82, 2.24) is 15.6 Å². The Morgan fingerprint density at radius 2 is 2.06 bits per heavy atom. The van der Waals surface area contributed by atoms with Gasteiger partial charge in [0.05, 0.1) is 11.8 Å². The van der Waals surface area contributed by atoms with Crippen LogP contribution in [0.5, 0.6) is 0 Å². The summed E-state index contributed by atoms with van der Waals surface area (Å²) in [6.45, 7) is 0.358. The molecule has 0 aliphatic rings. The van der Waals surface area contributed by atoms with E-state index in [2.05, 4.69) is 15.6 Å². The Labute approximate surface area is 91.0 Å². The summed E-state index contributed by atoms with van der Waals surface area (Å²) < 4.78 is 13.1. The van der Waals surface area contributed by atoms with E-state index in [9.17, 15) is 14.0 Å². The van der Waals surface area contributed by atoms with Gasteiger partial charge >= 0.3 is 6.03 Å². The largest absolute Gasteiger partial charge is 0.352 e. The second-order valence-corrected chi connectivity index (χ2v) is 2.90. The van der Waals surface area contributed by atoms with Crippen molar-refractivity contribution in [3.05, 3.63) is 29.8 Å². The Hall–Kier alpha value is -2.18. The van der Waals surface area contributed by atoms with Crippen molar-refractivity contribution in [2.24, 2.45) is 5.73 Å². The van der Waals surface area contributed by atoms with E-state index < -0.39 is 17.8 Å². The fourth-order valence-electron chi connectivity index (χ4n) is 1.02. The summed E-state index contributed by atoms with van der Waals surface area (Å²) in [5.41, 5.74) is 4.72. The van der Waals surface area contributed by atoms with E-state index in [0.29, 0.717) is 0 Å². The molecule has 0 bridgehead atoms. The molecular weight excluding hydrogens is 215 g/mol. The topological polar surface area (TPSA) is 97.1 Å². The summed E-state index contributed by atoms with van der Waals surface area (Å²) in [5.74, 6) is -1.26. The number of nitrogens with zero attached hydrogens (tertiary/aromatic N) is 1. The second-order valence-electron chi connectivity index (χ2n) is 2.90. The first-order valence-electron chi connectivity index (χ1n) is 4.52. The number of halogens is 1. The van der Waals surface area contributed by atoms with Gasteiger partial charge in [-0.05, 0) is 6.07 Å². The summed E-state index contributed by atoms with van der Waals surface area (Å²) >= 11 is 0. The fourth-order valence-corrected chi connectivity index (χ4v) is 1.02. The lowest BCUT2D eigenvalue weighted by Gasteiger charge is -2.05. The lowest BCUT2D eigenvalue weighted by Crippen LogP contribution is -2.37. The number of primary amides is 1. The zero-order chi connectivity index (χ0) is 12.0. The molecule has 0 fully saturated rings. The minimum atomic E-state index is -0.692. The van der Waals surface area contributed by atoms with Gasteiger partial charge in [0.25, 0.3) is 5.91 Å². The van der Waals surface area contributed by atoms with Crippen molar-refractivity contribution in [1.29, 1.82) is 0 Å². The number of aromatic nitrogens is 1. The first kappa shape index (κ1) is 11.9. The molecule has 7 heteroatoms. The molecule has 0 atom stereocenters. The maximum Gasteiger partial charge on any atom is 0.312 e. The molecule has 1 heterocycles. The number of urea groups is 1. The Morgan fingerprint density at radius 1 is 1.38 bits per heavy atom. The average molecular weight is 226 g/mol. The third-order valence-electron chi connectivity index (χ3n) is 1.73. The number of amides is 3. The van der Waals surface area contributed by atoms with Crippen molar-refractivity contribution >= 4 is 11.9 Å². The third kappa shape index (κ3) is 3.52. The summed E-state index contributed by atoms with van der Waals surface area (Å²) in [7, 11) is 0. The maximum atomic E-state index is 13.1. The first-order chi connectivity index (χ1) is 7.61. The molecule has 86 valence electrons. The molecule has 0 aromatic carbocycles. The number of hydrogen-bond acceptors (Lipinski definition) is 3. The highest BCUT2D eigenvalue weighted by molar-refractivity contribution is 5.94. The Balaban J connectivity index is 2.41. The van der Waals surface area contributed by atoms with Crippen LogP contribution in [0.1, 0.15) is 10.4 Å². The number of carbonyl (C=O) groups is 2. The minimum absolute atomic E-state index is 0.0888. The molecule has 0 unspecified atom stereocenters. The van der Waals surface area contributed by atoms with Crippen molar-refractivity contribution in [2.75, 3.05) is 13.1 Å². The molecule has 0 aliphatic carbocycles. The van der Waals surface area contributed by atoms with E-state index in [0.717, 1.165) is 6.20 Å². The Bertz CT molecular complexity index is 397. The summed E-state index contributed by atoms with van der Waals surface area (Å²) in [6.07, 6.45) is 2.27. The van der Waals surface area contributed by atoms with Crippen LogP contribution in [0, 0.1) is 5.82 Å². The van der Waals surface area contributed by atoms with E-state index in [1.807, 2.05) is 0 Å². The van der Waals surface area contributed by atoms with Crippen LogP contribution in [0.4, 0.5) is 9.18 Å². The number of nitrogens with one attached hydrogen (secondary N) is 2. The van der Waals surface area contributed by atoms with Gasteiger partial charge < -0.3 is 16.4 Å². The molecule has 6 nitrogen and oxygen atoms in total. The number of pyridine rings is 1. The van der Waals surface area contributed by atoms with Crippen LogP contribution in [-0.2, 0) is 0 Å². The van der Waals surface area contributed by atoms with Crippen LogP contribution in [0.3, 0.4) is 0 Å². The number of rotatable bonds is 4. The zero-order valence-electron chi connectivity index (χ0n) is 8.37. The molecule has 1 aromatic rings. The van der Waals surface area contributed by atoms with Gasteiger partial charge in [-0.2, -0.15) is 0 Å². The average Bonchev–Trinajstić information content (AvgIpc) is 2.24. The minimum Gasteiger partial charge on any atom is -0.352 e. The van der Waals surface area contributed by atoms with E-state index in [4.69, 9.17) is 5.73 Å². The smallest absolute Gasteiger partial charge is 0.312 e. The van der Waals surface area contributed by atoms with Crippen LogP contribution in [0.25, 0.3) is 0 Å². The van der Waals surface area contributed by atoms with Crippen LogP contribution >= 0.6 is 0 Å². The van der Waals surface area contributed by atoms with Gasteiger partial charge in [-0.1, -0.05) is 0 Å². The van der Waals surface area contributed by atoms with Crippen molar-refractivity contribution in [3.63, 3.8) is 0 Å².